The highest BCUT2D eigenvalue weighted by Gasteiger charge is 2.18. The first-order chi connectivity index (χ1) is 14.6. The molecule has 0 saturated carbocycles. The normalized spacial score (nSPS) is 12.7. The summed E-state index contributed by atoms with van der Waals surface area (Å²) in [5.74, 6) is -0.132. The molecule has 7 nitrogen and oxygen atoms in total. The SMILES string of the molecule is O=C(Nc1cccc(F)c1)ONC1=Nc2ccc(Br)cc2C(c2ccccn2)=NC1. The average Bonchev–Trinajstić information content (AvgIpc) is 2.92. The summed E-state index contributed by atoms with van der Waals surface area (Å²) in [6.07, 6.45) is 0.887. The van der Waals surface area contributed by atoms with Crippen molar-refractivity contribution in [3.8, 4) is 0 Å². The summed E-state index contributed by atoms with van der Waals surface area (Å²) in [4.78, 5) is 30.5. The third kappa shape index (κ3) is 4.69. The largest absolute Gasteiger partial charge is 0.435 e. The Morgan fingerprint density at radius 3 is 2.80 bits per heavy atom. The van der Waals surface area contributed by atoms with E-state index in [4.69, 9.17) is 4.84 Å². The van der Waals surface area contributed by atoms with Crippen molar-refractivity contribution in [2.45, 2.75) is 0 Å². The van der Waals surface area contributed by atoms with Gasteiger partial charge in [0, 0.05) is 21.9 Å². The van der Waals surface area contributed by atoms with Gasteiger partial charge in [-0.25, -0.2) is 19.7 Å². The lowest BCUT2D eigenvalue weighted by atomic mass is 10.0. The molecule has 4 rings (SSSR count). The van der Waals surface area contributed by atoms with E-state index in [2.05, 4.69) is 41.7 Å². The van der Waals surface area contributed by atoms with Crippen LogP contribution < -0.4 is 10.8 Å². The topological polar surface area (TPSA) is 88.0 Å². The zero-order valence-electron chi connectivity index (χ0n) is 15.5. The van der Waals surface area contributed by atoms with Gasteiger partial charge in [0.1, 0.15) is 12.4 Å². The zero-order chi connectivity index (χ0) is 20.9. The highest BCUT2D eigenvalue weighted by atomic mass is 79.9. The minimum atomic E-state index is -0.808. The number of aromatic nitrogens is 1. The molecule has 0 saturated heterocycles. The molecular weight excluding hydrogens is 453 g/mol. The van der Waals surface area contributed by atoms with Crippen LogP contribution in [-0.2, 0) is 4.84 Å². The molecule has 0 unspecified atom stereocenters. The fraction of sp³-hybridized carbons (Fsp3) is 0.0476. The summed E-state index contributed by atoms with van der Waals surface area (Å²) in [5, 5.41) is 2.43. The van der Waals surface area contributed by atoms with Crippen LogP contribution >= 0.6 is 15.9 Å². The third-order valence-corrected chi connectivity index (χ3v) is 4.59. The van der Waals surface area contributed by atoms with Crippen LogP contribution in [-0.4, -0.2) is 29.2 Å². The van der Waals surface area contributed by atoms with E-state index >= 15 is 0 Å². The van der Waals surface area contributed by atoms with Crippen molar-refractivity contribution >= 4 is 44.9 Å². The second-order valence-electron chi connectivity index (χ2n) is 6.23. The lowest BCUT2D eigenvalue weighted by Crippen LogP contribution is -2.31. The molecule has 0 atom stereocenters. The second kappa shape index (κ2) is 8.83. The summed E-state index contributed by atoms with van der Waals surface area (Å²) >= 11 is 3.47. The fourth-order valence-corrected chi connectivity index (χ4v) is 3.17. The van der Waals surface area contributed by atoms with Crippen molar-refractivity contribution < 1.29 is 14.0 Å². The monoisotopic (exact) mass is 467 g/mol. The van der Waals surface area contributed by atoms with Gasteiger partial charge in [0.2, 0.25) is 0 Å². The Morgan fingerprint density at radius 1 is 1.10 bits per heavy atom. The first kappa shape index (κ1) is 19.7. The van der Waals surface area contributed by atoms with Gasteiger partial charge in [-0.15, -0.1) is 0 Å². The van der Waals surface area contributed by atoms with Crippen molar-refractivity contribution in [3.05, 3.63) is 88.4 Å². The Balaban J connectivity index is 1.53. The summed E-state index contributed by atoms with van der Waals surface area (Å²) in [6.45, 7) is 0.144. The van der Waals surface area contributed by atoms with Gasteiger partial charge >= 0.3 is 6.09 Å². The Bertz CT molecular complexity index is 1150. The van der Waals surface area contributed by atoms with Crippen molar-refractivity contribution in [2.75, 3.05) is 11.9 Å². The number of hydrogen-bond donors (Lipinski definition) is 2. The molecule has 150 valence electrons. The lowest BCUT2D eigenvalue weighted by Gasteiger charge is -2.09. The summed E-state index contributed by atoms with van der Waals surface area (Å²) < 4.78 is 14.1. The predicted octanol–water partition coefficient (Wildman–Crippen LogP) is 4.62. The van der Waals surface area contributed by atoms with Crippen LogP contribution in [0.1, 0.15) is 11.3 Å². The highest BCUT2D eigenvalue weighted by molar-refractivity contribution is 9.10. The number of carbonyl (C=O) groups is 1. The van der Waals surface area contributed by atoms with Gasteiger partial charge in [-0.3, -0.25) is 15.3 Å². The molecule has 9 heteroatoms. The molecule has 30 heavy (non-hydrogen) atoms. The first-order valence-corrected chi connectivity index (χ1v) is 9.70. The van der Waals surface area contributed by atoms with Crippen molar-refractivity contribution in [2.24, 2.45) is 9.98 Å². The Morgan fingerprint density at radius 2 is 2.00 bits per heavy atom. The number of hydrogen-bond acceptors (Lipinski definition) is 6. The molecule has 1 aromatic heterocycles. The summed E-state index contributed by atoms with van der Waals surface area (Å²) in [5.41, 5.74) is 5.63. The Labute approximate surface area is 179 Å². The van der Waals surface area contributed by atoms with Gasteiger partial charge in [-0.05, 0) is 48.5 Å². The molecule has 1 amide bonds. The van der Waals surface area contributed by atoms with Crippen molar-refractivity contribution in [1.29, 1.82) is 0 Å². The number of hydroxylamine groups is 1. The lowest BCUT2D eigenvalue weighted by molar-refractivity contribution is 0.134. The van der Waals surface area contributed by atoms with Gasteiger partial charge in [-0.1, -0.05) is 28.1 Å². The molecule has 0 fully saturated rings. The van der Waals surface area contributed by atoms with E-state index in [1.165, 1.54) is 18.2 Å². The second-order valence-corrected chi connectivity index (χ2v) is 7.14. The van der Waals surface area contributed by atoms with Crippen LogP contribution in [0.4, 0.5) is 20.6 Å². The van der Waals surface area contributed by atoms with E-state index in [1.54, 1.807) is 12.3 Å². The zero-order valence-corrected chi connectivity index (χ0v) is 17.1. The molecule has 3 aromatic rings. The van der Waals surface area contributed by atoms with Crippen LogP contribution in [0.25, 0.3) is 0 Å². The molecule has 1 aliphatic heterocycles. The molecular formula is C21H15BrFN5O2. The van der Waals surface area contributed by atoms with Crippen molar-refractivity contribution in [1.82, 2.24) is 10.5 Å². The third-order valence-electron chi connectivity index (χ3n) is 4.10. The number of amidine groups is 1. The number of anilines is 1. The summed E-state index contributed by atoms with van der Waals surface area (Å²) in [6, 6.07) is 16.7. The minimum Gasteiger partial charge on any atom is -0.323 e. The van der Waals surface area contributed by atoms with E-state index < -0.39 is 11.9 Å². The average molecular weight is 468 g/mol. The van der Waals surface area contributed by atoms with Crippen LogP contribution in [0.3, 0.4) is 0 Å². The Hall–Kier alpha value is -3.59. The van der Waals surface area contributed by atoms with E-state index in [-0.39, 0.29) is 12.2 Å². The molecule has 1 aliphatic rings. The molecule has 0 bridgehead atoms. The first-order valence-electron chi connectivity index (χ1n) is 8.91. The minimum absolute atomic E-state index is 0.144. The number of nitrogens with one attached hydrogen (secondary N) is 2. The number of benzene rings is 2. The molecule has 0 radical (unpaired) electrons. The van der Waals surface area contributed by atoms with Gasteiger partial charge in [0.25, 0.3) is 0 Å². The number of carbonyl (C=O) groups excluding carboxylic acids is 1. The highest BCUT2D eigenvalue weighted by Crippen LogP contribution is 2.28. The van der Waals surface area contributed by atoms with Crippen LogP contribution in [0.2, 0.25) is 0 Å². The molecule has 2 aromatic carbocycles. The number of aliphatic imine (C=N–C) groups is 2. The number of rotatable bonds is 2. The molecule has 2 heterocycles. The maximum atomic E-state index is 13.2. The molecule has 0 spiro atoms. The van der Waals surface area contributed by atoms with E-state index in [9.17, 15) is 9.18 Å². The van der Waals surface area contributed by atoms with Crippen LogP contribution in [0.15, 0.2) is 81.3 Å². The van der Waals surface area contributed by atoms with Gasteiger partial charge in [0.15, 0.2) is 5.84 Å². The van der Waals surface area contributed by atoms with Gasteiger partial charge < -0.3 is 4.84 Å². The fourth-order valence-electron chi connectivity index (χ4n) is 2.81. The number of nitrogens with zero attached hydrogens (tertiary/aromatic N) is 3. The molecule has 0 aliphatic carbocycles. The van der Waals surface area contributed by atoms with E-state index in [0.29, 0.717) is 22.9 Å². The van der Waals surface area contributed by atoms with Gasteiger partial charge in [0.05, 0.1) is 17.1 Å². The number of amides is 1. The van der Waals surface area contributed by atoms with E-state index in [0.717, 1.165) is 10.0 Å². The predicted molar refractivity (Wildman–Crippen MR) is 116 cm³/mol. The van der Waals surface area contributed by atoms with Gasteiger partial charge in [-0.2, -0.15) is 0 Å². The smallest absolute Gasteiger partial charge is 0.323 e. The maximum Gasteiger partial charge on any atom is 0.435 e. The molecule has 2 N–H and O–H groups in total. The van der Waals surface area contributed by atoms with Crippen LogP contribution in [0.5, 0.6) is 0 Å². The standard InChI is InChI=1S/C21H15BrFN5O2/c22-13-7-8-17-16(10-13)20(18-6-1-2-9-24-18)25-12-19(27-17)28-30-21(29)26-15-5-3-4-14(23)11-15/h1-11H,12H2,(H,26,29)(H,27,28). The summed E-state index contributed by atoms with van der Waals surface area (Å²) in [7, 11) is 0. The van der Waals surface area contributed by atoms with Crippen molar-refractivity contribution in [3.63, 3.8) is 0 Å². The maximum absolute atomic E-state index is 13.2. The number of pyridine rings is 1. The Kier molecular flexibility index (Phi) is 5.80. The quantitative estimate of drug-likeness (QED) is 0.538. The number of halogens is 2. The van der Waals surface area contributed by atoms with E-state index in [1.807, 2.05) is 36.4 Å². The van der Waals surface area contributed by atoms with Crippen LogP contribution in [0, 0.1) is 5.82 Å². The number of fused-ring (bicyclic) bond motifs is 1.